The average Bonchev–Trinajstić information content (AvgIpc) is 2.27. The lowest BCUT2D eigenvalue weighted by molar-refractivity contribution is -0.141. The summed E-state index contributed by atoms with van der Waals surface area (Å²) in [6.45, 7) is 1.85. The molecule has 1 atom stereocenters. The Hall–Kier alpha value is -0.820. The molecule has 7 heteroatoms. The Kier molecular flexibility index (Phi) is 5.20. The van der Waals surface area contributed by atoms with Crippen molar-refractivity contribution in [2.24, 2.45) is 0 Å². The highest BCUT2D eigenvalue weighted by atomic mass is 19.4. The van der Waals surface area contributed by atoms with Gasteiger partial charge in [0.25, 0.3) is 0 Å². The van der Waals surface area contributed by atoms with Crippen LogP contribution in [0.2, 0.25) is 0 Å². The lowest BCUT2D eigenvalue weighted by atomic mass is 10.2. The molecule has 0 aromatic heterocycles. The van der Waals surface area contributed by atoms with Gasteiger partial charge in [0.1, 0.15) is 0 Å². The van der Waals surface area contributed by atoms with Crippen LogP contribution in [0.25, 0.3) is 0 Å². The number of rotatable bonds is 4. The van der Waals surface area contributed by atoms with Crippen molar-refractivity contribution in [1.29, 1.82) is 0 Å². The minimum atomic E-state index is -4.28. The Morgan fingerprint density at radius 3 is 2.82 bits per heavy atom. The van der Waals surface area contributed by atoms with E-state index in [-0.39, 0.29) is 18.5 Å². The van der Waals surface area contributed by atoms with Crippen molar-refractivity contribution in [3.63, 3.8) is 0 Å². The number of alkyl halides is 3. The highest BCUT2D eigenvalue weighted by Crippen LogP contribution is 2.13. The van der Waals surface area contributed by atoms with Crippen molar-refractivity contribution in [3.8, 4) is 0 Å². The van der Waals surface area contributed by atoms with Gasteiger partial charge in [-0.05, 0) is 6.42 Å². The van der Waals surface area contributed by atoms with Gasteiger partial charge in [-0.3, -0.25) is 4.79 Å². The maximum Gasteiger partial charge on any atom is 0.401 e. The highest BCUT2D eigenvalue weighted by molar-refractivity contribution is 5.78. The zero-order valence-corrected chi connectivity index (χ0v) is 9.72. The van der Waals surface area contributed by atoms with Gasteiger partial charge in [0.2, 0.25) is 5.91 Å². The van der Waals surface area contributed by atoms with Crippen molar-refractivity contribution in [2.45, 2.75) is 25.6 Å². The fraction of sp³-hybridized carbons (Fsp3) is 0.900. The third-order valence-electron chi connectivity index (χ3n) is 2.62. The van der Waals surface area contributed by atoms with Gasteiger partial charge in [0, 0.05) is 6.54 Å². The Balaban J connectivity index is 2.35. The van der Waals surface area contributed by atoms with Gasteiger partial charge in [-0.15, -0.1) is 0 Å². The van der Waals surface area contributed by atoms with Crippen LogP contribution in [0.5, 0.6) is 0 Å². The number of amides is 1. The fourth-order valence-electron chi connectivity index (χ4n) is 1.73. The quantitative estimate of drug-likeness (QED) is 0.806. The fourth-order valence-corrected chi connectivity index (χ4v) is 1.73. The van der Waals surface area contributed by atoms with Crippen LogP contribution in [-0.4, -0.2) is 55.9 Å². The van der Waals surface area contributed by atoms with Crippen molar-refractivity contribution >= 4 is 5.91 Å². The second-order valence-corrected chi connectivity index (χ2v) is 3.94. The number of hydrogen-bond acceptors (Lipinski definition) is 3. The second kappa shape index (κ2) is 6.20. The van der Waals surface area contributed by atoms with Crippen LogP contribution >= 0.6 is 0 Å². The molecule has 1 N–H and O–H groups in total. The third kappa shape index (κ3) is 4.91. The van der Waals surface area contributed by atoms with Crippen molar-refractivity contribution in [1.82, 2.24) is 10.2 Å². The number of carbonyl (C=O) groups is 1. The zero-order chi connectivity index (χ0) is 12.9. The molecule has 0 aromatic rings. The molecule has 1 amide bonds. The van der Waals surface area contributed by atoms with Crippen molar-refractivity contribution in [2.75, 3.05) is 32.8 Å². The molecule has 1 heterocycles. The lowest BCUT2D eigenvalue weighted by Gasteiger charge is -2.35. The van der Waals surface area contributed by atoms with E-state index in [9.17, 15) is 18.0 Å². The molecule has 1 aliphatic heterocycles. The Morgan fingerprint density at radius 1 is 1.53 bits per heavy atom. The molecule has 0 bridgehead atoms. The van der Waals surface area contributed by atoms with E-state index in [1.165, 1.54) is 0 Å². The minimum absolute atomic E-state index is 0.0241. The summed E-state index contributed by atoms with van der Waals surface area (Å²) >= 11 is 0. The molecule has 1 unspecified atom stereocenters. The summed E-state index contributed by atoms with van der Waals surface area (Å²) < 4.78 is 40.9. The molecule has 0 spiro atoms. The van der Waals surface area contributed by atoms with Gasteiger partial charge in [0.05, 0.1) is 32.3 Å². The van der Waals surface area contributed by atoms with Gasteiger partial charge in [-0.1, -0.05) is 6.92 Å². The van der Waals surface area contributed by atoms with E-state index in [1.807, 2.05) is 6.92 Å². The van der Waals surface area contributed by atoms with Crippen LogP contribution in [0.1, 0.15) is 13.3 Å². The zero-order valence-electron chi connectivity index (χ0n) is 9.72. The number of ether oxygens (including phenoxy) is 1. The number of hydrogen-bond donors (Lipinski definition) is 1. The second-order valence-electron chi connectivity index (χ2n) is 3.94. The first-order valence-corrected chi connectivity index (χ1v) is 5.58. The summed E-state index contributed by atoms with van der Waals surface area (Å²) in [6, 6.07) is -0.0241. The van der Waals surface area contributed by atoms with E-state index in [1.54, 1.807) is 4.90 Å². The van der Waals surface area contributed by atoms with Gasteiger partial charge in [-0.25, -0.2) is 0 Å². The van der Waals surface area contributed by atoms with E-state index < -0.39 is 12.7 Å². The normalized spacial score (nSPS) is 21.6. The summed E-state index contributed by atoms with van der Waals surface area (Å²) in [5, 5.41) is 2.11. The maximum absolute atomic E-state index is 11.9. The number of morpholine rings is 1. The monoisotopic (exact) mass is 254 g/mol. The van der Waals surface area contributed by atoms with Crippen LogP contribution in [0, 0.1) is 0 Å². The molecule has 1 fully saturated rings. The van der Waals surface area contributed by atoms with Gasteiger partial charge < -0.3 is 15.0 Å². The standard InChI is InChI=1S/C10H17F3N2O2/c1-2-8-6-17-4-3-15(8)9(16)5-14-7-10(11,12)13/h8,14H,2-7H2,1H3. The summed E-state index contributed by atoms with van der Waals surface area (Å²) in [7, 11) is 0. The third-order valence-corrected chi connectivity index (χ3v) is 2.62. The summed E-state index contributed by atoms with van der Waals surface area (Å²) in [4.78, 5) is 13.3. The molecule has 17 heavy (non-hydrogen) atoms. The van der Waals surface area contributed by atoms with E-state index >= 15 is 0 Å². The lowest BCUT2D eigenvalue weighted by Crippen LogP contribution is -2.51. The highest BCUT2D eigenvalue weighted by Gasteiger charge is 2.29. The molecule has 100 valence electrons. The van der Waals surface area contributed by atoms with Crippen LogP contribution in [0.3, 0.4) is 0 Å². The van der Waals surface area contributed by atoms with E-state index in [2.05, 4.69) is 5.32 Å². The summed E-state index contributed by atoms with van der Waals surface area (Å²) in [6.07, 6.45) is -3.54. The number of carbonyl (C=O) groups excluding carboxylic acids is 1. The molecule has 1 aliphatic rings. The molecule has 0 aliphatic carbocycles. The van der Waals surface area contributed by atoms with Gasteiger partial charge in [0.15, 0.2) is 0 Å². The predicted molar refractivity (Wildman–Crippen MR) is 55.5 cm³/mol. The molecule has 4 nitrogen and oxygen atoms in total. The first-order chi connectivity index (χ1) is 7.94. The molecule has 0 saturated carbocycles. The van der Waals surface area contributed by atoms with Gasteiger partial charge in [-0.2, -0.15) is 13.2 Å². The largest absolute Gasteiger partial charge is 0.401 e. The van der Waals surface area contributed by atoms with Crippen LogP contribution < -0.4 is 5.32 Å². The minimum Gasteiger partial charge on any atom is -0.377 e. The van der Waals surface area contributed by atoms with E-state index in [0.29, 0.717) is 19.8 Å². The maximum atomic E-state index is 11.9. The van der Waals surface area contributed by atoms with Crippen molar-refractivity contribution < 1.29 is 22.7 Å². The number of nitrogens with zero attached hydrogens (tertiary/aromatic N) is 1. The van der Waals surface area contributed by atoms with Crippen molar-refractivity contribution in [3.05, 3.63) is 0 Å². The van der Waals surface area contributed by atoms with E-state index in [4.69, 9.17) is 4.74 Å². The average molecular weight is 254 g/mol. The van der Waals surface area contributed by atoms with Crippen LogP contribution in [-0.2, 0) is 9.53 Å². The Labute approximate surface area is 98.1 Å². The Bertz CT molecular complexity index is 258. The predicted octanol–water partition coefficient (Wildman–Crippen LogP) is 0.776. The van der Waals surface area contributed by atoms with Crippen LogP contribution in [0.15, 0.2) is 0 Å². The first-order valence-electron chi connectivity index (χ1n) is 5.58. The number of halogens is 3. The molecule has 1 rings (SSSR count). The summed E-state index contributed by atoms with van der Waals surface area (Å²) in [5.41, 5.74) is 0. The molecular formula is C10H17F3N2O2. The van der Waals surface area contributed by atoms with Gasteiger partial charge >= 0.3 is 6.18 Å². The summed E-state index contributed by atoms with van der Waals surface area (Å²) in [5.74, 6) is -0.301. The van der Waals surface area contributed by atoms with Crippen LogP contribution in [0.4, 0.5) is 13.2 Å². The first kappa shape index (κ1) is 14.2. The molecule has 0 aromatic carbocycles. The Morgan fingerprint density at radius 2 is 2.24 bits per heavy atom. The van der Waals surface area contributed by atoms with E-state index in [0.717, 1.165) is 6.42 Å². The number of nitrogens with one attached hydrogen (secondary N) is 1. The topological polar surface area (TPSA) is 41.6 Å². The SMILES string of the molecule is CCC1COCCN1C(=O)CNCC(F)(F)F. The molecule has 1 saturated heterocycles. The molecule has 0 radical (unpaired) electrons. The smallest absolute Gasteiger partial charge is 0.377 e. The molecular weight excluding hydrogens is 237 g/mol.